The first-order chi connectivity index (χ1) is 10.2. The van der Waals surface area contributed by atoms with Crippen LogP contribution in [0.25, 0.3) is 10.8 Å². The first kappa shape index (κ1) is 13.9. The number of fused-ring (bicyclic) bond motifs is 1. The van der Waals surface area contributed by atoms with Gasteiger partial charge in [0.15, 0.2) is 0 Å². The lowest BCUT2D eigenvalue weighted by atomic mass is 10.1. The quantitative estimate of drug-likeness (QED) is 0.897. The number of hydrogen-bond acceptors (Lipinski definition) is 2. The molecule has 1 unspecified atom stereocenters. The van der Waals surface area contributed by atoms with E-state index in [0.717, 1.165) is 23.9 Å². The molecule has 1 saturated carbocycles. The number of amides is 1. The molecule has 0 aliphatic heterocycles. The molecule has 0 heterocycles. The minimum absolute atomic E-state index is 0.0924. The Kier molecular flexibility index (Phi) is 4.09. The van der Waals surface area contributed by atoms with E-state index in [1.54, 1.807) is 0 Å². The fourth-order valence-electron chi connectivity index (χ4n) is 3.05. The number of nitrogens with one attached hydrogen (secondary N) is 2. The van der Waals surface area contributed by atoms with Crippen LogP contribution in [-0.2, 0) is 4.79 Å². The molecule has 0 saturated heterocycles. The number of benzene rings is 2. The van der Waals surface area contributed by atoms with E-state index in [1.807, 2.05) is 31.2 Å². The van der Waals surface area contributed by atoms with Crippen molar-refractivity contribution < 1.29 is 4.79 Å². The summed E-state index contributed by atoms with van der Waals surface area (Å²) in [5, 5.41) is 8.83. The molecule has 3 rings (SSSR count). The van der Waals surface area contributed by atoms with Crippen LogP contribution in [0.15, 0.2) is 42.5 Å². The summed E-state index contributed by atoms with van der Waals surface area (Å²) >= 11 is 0. The highest BCUT2D eigenvalue weighted by Crippen LogP contribution is 2.24. The van der Waals surface area contributed by atoms with E-state index in [2.05, 4.69) is 28.8 Å². The van der Waals surface area contributed by atoms with Gasteiger partial charge in [0.05, 0.1) is 0 Å². The van der Waals surface area contributed by atoms with Crippen LogP contribution < -0.4 is 10.6 Å². The van der Waals surface area contributed by atoms with Gasteiger partial charge in [0.1, 0.15) is 6.04 Å². The van der Waals surface area contributed by atoms with E-state index in [4.69, 9.17) is 0 Å². The molecule has 1 amide bonds. The summed E-state index contributed by atoms with van der Waals surface area (Å²) in [6, 6.07) is 14.5. The van der Waals surface area contributed by atoms with Gasteiger partial charge in [-0.15, -0.1) is 0 Å². The number of carbonyl (C=O) groups excluding carboxylic acids is 1. The number of hydrogen-bond donors (Lipinski definition) is 2. The zero-order valence-corrected chi connectivity index (χ0v) is 12.4. The zero-order chi connectivity index (χ0) is 14.7. The van der Waals surface area contributed by atoms with Crippen LogP contribution in [0.1, 0.15) is 32.6 Å². The Morgan fingerprint density at radius 2 is 1.81 bits per heavy atom. The standard InChI is InChI=1S/C18H22N2O/c1-13(18(21)20-15-9-3-4-10-15)19-17-12-6-8-14-7-2-5-11-16(14)17/h2,5-8,11-13,15,19H,3-4,9-10H2,1H3,(H,20,21). The Morgan fingerprint density at radius 1 is 1.10 bits per heavy atom. The average molecular weight is 282 g/mol. The molecule has 3 heteroatoms. The van der Waals surface area contributed by atoms with Gasteiger partial charge in [-0.3, -0.25) is 4.79 Å². The largest absolute Gasteiger partial charge is 0.373 e. The second-order valence-electron chi connectivity index (χ2n) is 5.88. The molecule has 2 aromatic rings. The highest BCUT2D eigenvalue weighted by atomic mass is 16.2. The SMILES string of the molecule is CC(Nc1cccc2ccccc12)C(=O)NC1CCCC1. The molecule has 0 aromatic heterocycles. The first-order valence-electron chi connectivity index (χ1n) is 7.79. The Morgan fingerprint density at radius 3 is 2.62 bits per heavy atom. The third-order valence-electron chi connectivity index (χ3n) is 4.26. The number of anilines is 1. The van der Waals surface area contributed by atoms with Gasteiger partial charge in [0, 0.05) is 17.1 Å². The zero-order valence-electron chi connectivity index (χ0n) is 12.4. The highest BCUT2D eigenvalue weighted by Gasteiger charge is 2.20. The third kappa shape index (κ3) is 3.18. The second-order valence-corrected chi connectivity index (χ2v) is 5.88. The summed E-state index contributed by atoms with van der Waals surface area (Å²) in [5.74, 6) is 0.0924. The molecule has 0 bridgehead atoms. The molecule has 1 fully saturated rings. The van der Waals surface area contributed by atoms with Crippen molar-refractivity contribution in [3.05, 3.63) is 42.5 Å². The maximum Gasteiger partial charge on any atom is 0.242 e. The molecule has 1 atom stereocenters. The van der Waals surface area contributed by atoms with Crippen molar-refractivity contribution in [3.63, 3.8) is 0 Å². The summed E-state index contributed by atoms with van der Waals surface area (Å²) in [6.07, 6.45) is 4.70. The molecular formula is C18H22N2O. The van der Waals surface area contributed by atoms with Gasteiger partial charge in [0.25, 0.3) is 0 Å². The molecule has 0 radical (unpaired) electrons. The van der Waals surface area contributed by atoms with Crippen molar-refractivity contribution in [1.82, 2.24) is 5.32 Å². The van der Waals surface area contributed by atoms with Gasteiger partial charge in [0.2, 0.25) is 5.91 Å². The van der Waals surface area contributed by atoms with Crippen LogP contribution in [0.4, 0.5) is 5.69 Å². The smallest absolute Gasteiger partial charge is 0.242 e. The summed E-state index contributed by atoms with van der Waals surface area (Å²) in [6.45, 7) is 1.92. The number of carbonyl (C=O) groups is 1. The molecular weight excluding hydrogens is 260 g/mol. The van der Waals surface area contributed by atoms with Gasteiger partial charge >= 0.3 is 0 Å². The van der Waals surface area contributed by atoms with Gasteiger partial charge in [-0.25, -0.2) is 0 Å². The highest BCUT2D eigenvalue weighted by molar-refractivity contribution is 5.95. The van der Waals surface area contributed by atoms with E-state index in [1.165, 1.54) is 18.2 Å². The molecule has 2 N–H and O–H groups in total. The van der Waals surface area contributed by atoms with Crippen molar-refractivity contribution in [2.24, 2.45) is 0 Å². The molecule has 0 spiro atoms. The van der Waals surface area contributed by atoms with Crippen molar-refractivity contribution in [3.8, 4) is 0 Å². The summed E-state index contributed by atoms with van der Waals surface area (Å²) in [7, 11) is 0. The number of rotatable bonds is 4. The van der Waals surface area contributed by atoms with Crippen molar-refractivity contribution in [2.75, 3.05) is 5.32 Å². The van der Waals surface area contributed by atoms with Gasteiger partial charge in [-0.2, -0.15) is 0 Å². The molecule has 2 aromatic carbocycles. The van der Waals surface area contributed by atoms with Crippen LogP contribution in [-0.4, -0.2) is 18.0 Å². The van der Waals surface area contributed by atoms with Crippen LogP contribution in [0.5, 0.6) is 0 Å². The maximum absolute atomic E-state index is 12.3. The Hall–Kier alpha value is -2.03. The predicted octanol–water partition coefficient (Wildman–Crippen LogP) is 3.70. The minimum Gasteiger partial charge on any atom is -0.373 e. The van der Waals surface area contributed by atoms with Crippen LogP contribution >= 0.6 is 0 Å². The molecule has 3 nitrogen and oxygen atoms in total. The lowest BCUT2D eigenvalue weighted by Crippen LogP contribution is -2.42. The summed E-state index contributed by atoms with van der Waals surface area (Å²) in [4.78, 5) is 12.3. The normalized spacial score (nSPS) is 16.8. The van der Waals surface area contributed by atoms with Crippen LogP contribution in [0.3, 0.4) is 0 Å². The van der Waals surface area contributed by atoms with Crippen LogP contribution in [0, 0.1) is 0 Å². The summed E-state index contributed by atoms with van der Waals surface area (Å²) in [5.41, 5.74) is 1.02. The Balaban J connectivity index is 1.70. The predicted molar refractivity (Wildman–Crippen MR) is 87.4 cm³/mol. The monoisotopic (exact) mass is 282 g/mol. The van der Waals surface area contributed by atoms with Gasteiger partial charge < -0.3 is 10.6 Å². The summed E-state index contributed by atoms with van der Waals surface area (Å²) < 4.78 is 0. The van der Waals surface area contributed by atoms with E-state index in [0.29, 0.717) is 6.04 Å². The molecule has 110 valence electrons. The van der Waals surface area contributed by atoms with E-state index in [9.17, 15) is 4.79 Å². The fourth-order valence-corrected chi connectivity index (χ4v) is 3.05. The van der Waals surface area contributed by atoms with E-state index in [-0.39, 0.29) is 11.9 Å². The lowest BCUT2D eigenvalue weighted by Gasteiger charge is -2.19. The topological polar surface area (TPSA) is 41.1 Å². The fraction of sp³-hybridized carbons (Fsp3) is 0.389. The molecule has 1 aliphatic carbocycles. The van der Waals surface area contributed by atoms with E-state index >= 15 is 0 Å². The minimum atomic E-state index is -0.226. The Bertz CT molecular complexity index is 627. The first-order valence-corrected chi connectivity index (χ1v) is 7.79. The van der Waals surface area contributed by atoms with Gasteiger partial charge in [-0.05, 0) is 31.2 Å². The molecule has 1 aliphatic rings. The van der Waals surface area contributed by atoms with Crippen molar-refractivity contribution >= 4 is 22.4 Å². The maximum atomic E-state index is 12.3. The van der Waals surface area contributed by atoms with Gasteiger partial charge in [-0.1, -0.05) is 49.2 Å². The Labute approximate surface area is 125 Å². The third-order valence-corrected chi connectivity index (χ3v) is 4.26. The molecule has 21 heavy (non-hydrogen) atoms. The van der Waals surface area contributed by atoms with Crippen molar-refractivity contribution in [2.45, 2.75) is 44.7 Å². The second kappa shape index (κ2) is 6.17. The van der Waals surface area contributed by atoms with Crippen LogP contribution in [0.2, 0.25) is 0 Å². The van der Waals surface area contributed by atoms with Crippen molar-refractivity contribution in [1.29, 1.82) is 0 Å². The lowest BCUT2D eigenvalue weighted by molar-refractivity contribution is -0.122. The van der Waals surface area contributed by atoms with E-state index < -0.39 is 0 Å². The average Bonchev–Trinajstić information content (AvgIpc) is 3.00.